The van der Waals surface area contributed by atoms with Crippen molar-refractivity contribution in [1.29, 1.82) is 0 Å². The van der Waals surface area contributed by atoms with E-state index in [9.17, 15) is 18.0 Å². The third-order valence-corrected chi connectivity index (χ3v) is 2.39. The third-order valence-electron chi connectivity index (χ3n) is 1.31. The smallest absolute Gasteiger partial charge is 0.355 e. The van der Waals surface area contributed by atoms with E-state index in [1.54, 1.807) is 0 Å². The van der Waals surface area contributed by atoms with Gasteiger partial charge in [0.15, 0.2) is 0 Å². The van der Waals surface area contributed by atoms with Crippen molar-refractivity contribution in [1.82, 2.24) is 5.32 Å². The predicted octanol–water partition coefficient (Wildman–Crippen LogP) is 0.199. The highest BCUT2D eigenvalue weighted by molar-refractivity contribution is 7.86. The molecule has 0 aliphatic carbocycles. The highest BCUT2D eigenvalue weighted by Gasteiger charge is 2.44. The molecule has 1 amide bonds. The molecule has 1 fully saturated rings. The van der Waals surface area contributed by atoms with Crippen LogP contribution in [0.15, 0.2) is 0 Å². The van der Waals surface area contributed by atoms with Gasteiger partial charge >= 0.3 is 15.6 Å². The molecular formula is C5H8F3NO4S2. The SMILES string of the molecule is O=C1NCCC1S.O=S(=O)(O)C(F)(F)F. The fourth-order valence-electron chi connectivity index (χ4n) is 0.581. The number of carbonyl (C=O) groups is 1. The lowest BCUT2D eigenvalue weighted by atomic mass is 10.4. The highest BCUT2D eigenvalue weighted by atomic mass is 32.2. The van der Waals surface area contributed by atoms with Gasteiger partial charge in [-0.25, -0.2) is 0 Å². The summed E-state index contributed by atoms with van der Waals surface area (Å²) in [5.74, 6) is 0.0725. The van der Waals surface area contributed by atoms with Gasteiger partial charge in [0.2, 0.25) is 5.91 Å². The van der Waals surface area contributed by atoms with Gasteiger partial charge in [-0.15, -0.1) is 0 Å². The van der Waals surface area contributed by atoms with Gasteiger partial charge < -0.3 is 5.32 Å². The Hall–Kier alpha value is -0.480. The van der Waals surface area contributed by atoms with Crippen molar-refractivity contribution in [2.24, 2.45) is 0 Å². The minimum Gasteiger partial charge on any atom is -0.355 e. The van der Waals surface area contributed by atoms with E-state index in [4.69, 9.17) is 13.0 Å². The number of rotatable bonds is 0. The van der Waals surface area contributed by atoms with Crippen LogP contribution in [0.2, 0.25) is 0 Å². The zero-order valence-corrected chi connectivity index (χ0v) is 8.86. The summed E-state index contributed by atoms with van der Waals surface area (Å²) in [6.45, 7) is 0.799. The lowest BCUT2D eigenvalue weighted by molar-refractivity contribution is -0.118. The molecular weight excluding hydrogens is 259 g/mol. The van der Waals surface area contributed by atoms with E-state index in [2.05, 4.69) is 17.9 Å². The zero-order valence-electron chi connectivity index (χ0n) is 7.15. The molecule has 0 aromatic heterocycles. The molecule has 1 aliphatic rings. The van der Waals surface area contributed by atoms with E-state index in [0.29, 0.717) is 0 Å². The Morgan fingerprint density at radius 2 is 1.87 bits per heavy atom. The zero-order chi connectivity index (χ0) is 12.3. The predicted molar refractivity (Wildman–Crippen MR) is 48.0 cm³/mol. The molecule has 0 radical (unpaired) electrons. The van der Waals surface area contributed by atoms with Crippen LogP contribution >= 0.6 is 12.6 Å². The van der Waals surface area contributed by atoms with Crippen molar-refractivity contribution >= 4 is 28.7 Å². The molecule has 1 rings (SSSR count). The van der Waals surface area contributed by atoms with Crippen LogP contribution in [0, 0.1) is 0 Å². The summed E-state index contributed by atoms with van der Waals surface area (Å²) < 4.78 is 57.5. The molecule has 0 bridgehead atoms. The number of amides is 1. The second-order valence-electron chi connectivity index (χ2n) is 2.52. The van der Waals surface area contributed by atoms with Crippen LogP contribution in [0.4, 0.5) is 13.2 Å². The van der Waals surface area contributed by atoms with Gasteiger partial charge in [0.1, 0.15) is 0 Å². The van der Waals surface area contributed by atoms with Gasteiger partial charge in [0, 0.05) is 6.54 Å². The van der Waals surface area contributed by atoms with E-state index in [0.717, 1.165) is 13.0 Å². The van der Waals surface area contributed by atoms with Crippen molar-refractivity contribution in [3.05, 3.63) is 0 Å². The maximum Gasteiger partial charge on any atom is 0.522 e. The highest BCUT2D eigenvalue weighted by Crippen LogP contribution is 2.20. The standard InChI is InChI=1S/C4H7NOS.CHF3O3S/c6-4-3(7)1-2-5-4;2-1(3,4)8(5,6)7/h3,7H,1-2H2,(H,5,6);(H,5,6,7). The summed E-state index contributed by atoms with van der Waals surface area (Å²) in [5, 5.41) is 2.61. The molecule has 0 aromatic carbocycles. The van der Waals surface area contributed by atoms with Crippen molar-refractivity contribution in [2.45, 2.75) is 17.2 Å². The monoisotopic (exact) mass is 267 g/mol. The lowest BCUT2D eigenvalue weighted by Gasteiger charge is -1.97. The second kappa shape index (κ2) is 5.03. The van der Waals surface area contributed by atoms with Crippen LogP contribution in [-0.2, 0) is 14.9 Å². The first-order valence-corrected chi connectivity index (χ1v) is 5.51. The van der Waals surface area contributed by atoms with Crippen molar-refractivity contribution in [3.63, 3.8) is 0 Å². The van der Waals surface area contributed by atoms with Crippen LogP contribution in [-0.4, -0.2) is 36.2 Å². The van der Waals surface area contributed by atoms with Gasteiger partial charge in [-0.3, -0.25) is 9.35 Å². The molecule has 1 atom stereocenters. The average Bonchev–Trinajstić information content (AvgIpc) is 2.33. The van der Waals surface area contributed by atoms with E-state index < -0.39 is 15.6 Å². The topological polar surface area (TPSA) is 83.5 Å². The molecule has 90 valence electrons. The maximum absolute atomic E-state index is 10.7. The summed E-state index contributed by atoms with van der Waals surface area (Å²) in [5.41, 5.74) is -5.53. The first kappa shape index (κ1) is 14.5. The molecule has 5 nitrogen and oxygen atoms in total. The lowest BCUT2D eigenvalue weighted by Crippen LogP contribution is -2.21. The van der Waals surface area contributed by atoms with Gasteiger partial charge in [-0.05, 0) is 6.42 Å². The molecule has 1 unspecified atom stereocenters. The Bertz CT molecular complexity index is 326. The number of carbonyl (C=O) groups excluding carboxylic acids is 1. The van der Waals surface area contributed by atoms with Gasteiger partial charge in [-0.2, -0.15) is 34.2 Å². The Morgan fingerprint density at radius 1 is 1.47 bits per heavy atom. The largest absolute Gasteiger partial charge is 0.522 e. The number of halogens is 3. The summed E-state index contributed by atoms with van der Waals surface area (Å²) >= 11 is 3.98. The fourth-order valence-corrected chi connectivity index (χ4v) is 0.801. The molecule has 15 heavy (non-hydrogen) atoms. The summed E-state index contributed by atoms with van der Waals surface area (Å²) in [6.07, 6.45) is 0.877. The van der Waals surface area contributed by atoms with E-state index >= 15 is 0 Å². The van der Waals surface area contributed by atoms with Gasteiger partial charge in [0.25, 0.3) is 0 Å². The third kappa shape index (κ3) is 5.23. The maximum atomic E-state index is 10.7. The number of hydrogen-bond acceptors (Lipinski definition) is 4. The van der Waals surface area contributed by atoms with Crippen LogP contribution in [0.1, 0.15) is 6.42 Å². The minimum absolute atomic E-state index is 0.0417. The van der Waals surface area contributed by atoms with Gasteiger partial charge in [-0.1, -0.05) is 0 Å². The normalized spacial score (nSPS) is 21.7. The summed E-state index contributed by atoms with van der Waals surface area (Å²) in [7, 11) is -5.84. The first-order valence-electron chi connectivity index (χ1n) is 3.55. The molecule has 0 aromatic rings. The summed E-state index contributed by atoms with van der Waals surface area (Å²) in [4.78, 5) is 10.4. The molecule has 1 aliphatic heterocycles. The Labute approximate surface area is 89.2 Å². The molecule has 10 heteroatoms. The van der Waals surface area contributed by atoms with Crippen LogP contribution in [0.25, 0.3) is 0 Å². The Morgan fingerprint density at radius 3 is 1.93 bits per heavy atom. The first-order chi connectivity index (χ1) is 6.55. The molecule has 0 saturated carbocycles. The van der Waals surface area contributed by atoms with E-state index in [1.807, 2.05) is 0 Å². The molecule has 0 spiro atoms. The number of nitrogens with one attached hydrogen (secondary N) is 1. The number of hydrogen-bond donors (Lipinski definition) is 3. The van der Waals surface area contributed by atoms with Crippen LogP contribution < -0.4 is 5.32 Å². The van der Waals surface area contributed by atoms with Crippen molar-refractivity contribution in [3.8, 4) is 0 Å². The average molecular weight is 267 g/mol. The molecule has 1 saturated heterocycles. The quantitative estimate of drug-likeness (QED) is 0.332. The van der Waals surface area contributed by atoms with Gasteiger partial charge in [0.05, 0.1) is 5.25 Å². The van der Waals surface area contributed by atoms with Crippen molar-refractivity contribution in [2.75, 3.05) is 6.54 Å². The molecule has 2 N–H and O–H groups in total. The Kier molecular flexibility index (Phi) is 4.87. The second-order valence-corrected chi connectivity index (χ2v) is 4.55. The fraction of sp³-hybridized carbons (Fsp3) is 0.800. The van der Waals surface area contributed by atoms with E-state index in [1.165, 1.54) is 0 Å². The van der Waals surface area contributed by atoms with Crippen LogP contribution in [0.3, 0.4) is 0 Å². The number of alkyl halides is 3. The van der Waals surface area contributed by atoms with Crippen molar-refractivity contribution < 1.29 is 30.9 Å². The van der Waals surface area contributed by atoms with Crippen LogP contribution in [0.5, 0.6) is 0 Å². The minimum atomic E-state index is -5.84. The molecule has 1 heterocycles. The summed E-state index contributed by atoms with van der Waals surface area (Å²) in [6, 6.07) is 0. The number of thiol groups is 1. The van der Waals surface area contributed by atoms with E-state index in [-0.39, 0.29) is 11.2 Å². The Balaban J connectivity index is 0.000000262.